The van der Waals surface area contributed by atoms with Crippen LogP contribution in [0.5, 0.6) is 5.75 Å². The van der Waals surface area contributed by atoms with Gasteiger partial charge in [-0.1, -0.05) is 82.9 Å². The highest BCUT2D eigenvalue weighted by Crippen LogP contribution is 2.17. The third-order valence-electron chi connectivity index (χ3n) is 3.73. The lowest BCUT2D eigenvalue weighted by Gasteiger charge is -2.08. The second-order valence-corrected chi connectivity index (χ2v) is 5.64. The highest BCUT2D eigenvalue weighted by Gasteiger charge is 1.97. The van der Waals surface area contributed by atoms with Crippen LogP contribution in [0.3, 0.4) is 0 Å². The van der Waals surface area contributed by atoms with Crippen LogP contribution in [0.4, 0.5) is 0 Å². The predicted molar refractivity (Wildman–Crippen MR) is 88.2 cm³/mol. The first kappa shape index (κ1) is 17.1. The minimum Gasteiger partial charge on any atom is -0.493 e. The number of ether oxygens (including phenoxy) is 1. The number of benzene rings is 1. The van der Waals surface area contributed by atoms with Crippen molar-refractivity contribution in [1.82, 2.24) is 0 Å². The van der Waals surface area contributed by atoms with Crippen molar-refractivity contribution < 1.29 is 4.74 Å². The minimum absolute atomic E-state index is 0.822. The van der Waals surface area contributed by atoms with Crippen LogP contribution in [0.25, 0.3) is 0 Å². The molecule has 0 aliphatic carbocycles. The van der Waals surface area contributed by atoms with Crippen LogP contribution in [0.2, 0.25) is 0 Å². The number of hydrogen-bond donors (Lipinski definition) is 0. The minimum atomic E-state index is 0.822. The average molecular weight is 275 g/mol. The molecule has 1 aromatic carbocycles. The van der Waals surface area contributed by atoms with Gasteiger partial charge >= 0.3 is 0 Å². The monoisotopic (exact) mass is 275 g/mol. The molecule has 0 N–H and O–H groups in total. The Hall–Kier alpha value is -0.980. The Bertz CT molecular complexity index is 332. The Morgan fingerprint density at radius 1 is 0.800 bits per heavy atom. The molecule has 20 heavy (non-hydrogen) atoms. The van der Waals surface area contributed by atoms with E-state index < -0.39 is 0 Å². The van der Waals surface area contributed by atoms with Crippen molar-refractivity contribution >= 4 is 0 Å². The second-order valence-electron chi connectivity index (χ2n) is 5.64. The first-order valence-electron chi connectivity index (χ1n) is 8.38. The molecule has 0 saturated carbocycles. The molecule has 0 fully saturated rings. The number of hydrogen-bond acceptors (Lipinski definition) is 1. The van der Waals surface area contributed by atoms with Crippen LogP contribution < -0.4 is 4.74 Å². The standard InChI is InChI=1S/C19H31O/c1-3-4-5-6-7-8-9-10-11-14-17-20-19-16-13-12-15-18(19)2/h12-13,15-16H,2-11,14,17H2,1H3. The first-order chi connectivity index (χ1) is 9.84. The normalized spacial score (nSPS) is 10.7. The lowest BCUT2D eigenvalue weighted by atomic mass is 10.1. The predicted octanol–water partition coefficient (Wildman–Crippen LogP) is 6.17. The van der Waals surface area contributed by atoms with Gasteiger partial charge in [0, 0.05) is 0 Å². The molecule has 0 bridgehead atoms. The highest BCUT2D eigenvalue weighted by atomic mass is 16.5. The SMILES string of the molecule is [CH2]c1ccccc1OCCCCCCCCCCCC. The molecule has 0 spiro atoms. The smallest absolute Gasteiger partial charge is 0.122 e. The van der Waals surface area contributed by atoms with Crippen molar-refractivity contribution in [2.75, 3.05) is 6.61 Å². The molecule has 0 amide bonds. The first-order valence-corrected chi connectivity index (χ1v) is 8.38. The van der Waals surface area contributed by atoms with Gasteiger partial charge < -0.3 is 4.74 Å². The molecule has 1 nitrogen and oxygen atoms in total. The number of unbranched alkanes of at least 4 members (excludes halogenated alkanes) is 9. The largest absolute Gasteiger partial charge is 0.493 e. The maximum atomic E-state index is 5.75. The molecule has 0 heterocycles. The van der Waals surface area contributed by atoms with Gasteiger partial charge in [0.1, 0.15) is 5.75 Å². The molecule has 113 valence electrons. The lowest BCUT2D eigenvalue weighted by Crippen LogP contribution is -1.98. The van der Waals surface area contributed by atoms with Gasteiger partial charge in [0.25, 0.3) is 0 Å². The molecule has 0 saturated heterocycles. The van der Waals surface area contributed by atoms with Gasteiger partial charge in [0.15, 0.2) is 0 Å². The van der Waals surface area contributed by atoms with Crippen molar-refractivity contribution in [2.24, 2.45) is 0 Å². The van der Waals surface area contributed by atoms with Gasteiger partial charge in [-0.2, -0.15) is 0 Å². The average Bonchev–Trinajstić information content (AvgIpc) is 2.46. The summed E-state index contributed by atoms with van der Waals surface area (Å²) in [7, 11) is 0. The zero-order valence-corrected chi connectivity index (χ0v) is 13.2. The van der Waals surface area contributed by atoms with E-state index in [0.717, 1.165) is 24.3 Å². The van der Waals surface area contributed by atoms with Crippen LogP contribution in [0, 0.1) is 6.92 Å². The van der Waals surface area contributed by atoms with E-state index in [1.54, 1.807) is 0 Å². The maximum absolute atomic E-state index is 5.75. The van der Waals surface area contributed by atoms with E-state index in [1.165, 1.54) is 57.8 Å². The van der Waals surface area contributed by atoms with Gasteiger partial charge in [-0.3, -0.25) is 0 Å². The van der Waals surface area contributed by atoms with Crippen LogP contribution in [0.1, 0.15) is 76.7 Å². The zero-order chi connectivity index (χ0) is 14.5. The fourth-order valence-electron chi connectivity index (χ4n) is 2.42. The van der Waals surface area contributed by atoms with Crippen molar-refractivity contribution in [3.63, 3.8) is 0 Å². The maximum Gasteiger partial charge on any atom is 0.122 e. The molecule has 1 rings (SSSR count). The summed E-state index contributed by atoms with van der Waals surface area (Å²) >= 11 is 0. The Labute approximate surface area is 125 Å². The summed E-state index contributed by atoms with van der Waals surface area (Å²) < 4.78 is 5.75. The Kier molecular flexibility index (Phi) is 10.1. The Balaban J connectivity index is 1.87. The second kappa shape index (κ2) is 11.8. The Morgan fingerprint density at radius 3 is 1.95 bits per heavy atom. The van der Waals surface area contributed by atoms with E-state index in [4.69, 9.17) is 4.74 Å². The zero-order valence-electron chi connectivity index (χ0n) is 13.2. The summed E-state index contributed by atoms with van der Waals surface area (Å²) in [5.74, 6) is 0.934. The summed E-state index contributed by atoms with van der Waals surface area (Å²) in [4.78, 5) is 0. The molecular weight excluding hydrogens is 244 g/mol. The van der Waals surface area contributed by atoms with E-state index in [2.05, 4.69) is 13.8 Å². The summed E-state index contributed by atoms with van der Waals surface area (Å²) in [5, 5.41) is 0. The molecule has 1 aromatic rings. The van der Waals surface area contributed by atoms with Crippen LogP contribution in [0.15, 0.2) is 24.3 Å². The van der Waals surface area contributed by atoms with Gasteiger partial charge in [0.05, 0.1) is 6.61 Å². The van der Waals surface area contributed by atoms with E-state index in [0.29, 0.717) is 0 Å². The molecule has 0 unspecified atom stereocenters. The van der Waals surface area contributed by atoms with Crippen LogP contribution in [-0.2, 0) is 0 Å². The van der Waals surface area contributed by atoms with E-state index in [9.17, 15) is 0 Å². The quantitative estimate of drug-likeness (QED) is 0.414. The third-order valence-corrected chi connectivity index (χ3v) is 3.73. The fraction of sp³-hybridized carbons (Fsp3) is 0.632. The molecule has 0 aliphatic heterocycles. The van der Waals surface area contributed by atoms with Crippen LogP contribution in [-0.4, -0.2) is 6.61 Å². The molecule has 1 radical (unpaired) electrons. The molecule has 0 aromatic heterocycles. The number of rotatable bonds is 12. The Morgan fingerprint density at radius 2 is 1.35 bits per heavy atom. The van der Waals surface area contributed by atoms with Gasteiger partial charge in [-0.15, -0.1) is 0 Å². The fourth-order valence-corrected chi connectivity index (χ4v) is 2.42. The van der Waals surface area contributed by atoms with E-state index in [-0.39, 0.29) is 0 Å². The van der Waals surface area contributed by atoms with Gasteiger partial charge in [-0.05, 0) is 25.0 Å². The molecule has 0 aliphatic rings. The highest BCUT2D eigenvalue weighted by molar-refractivity contribution is 5.35. The number of para-hydroxylation sites is 1. The van der Waals surface area contributed by atoms with E-state index >= 15 is 0 Å². The van der Waals surface area contributed by atoms with Crippen molar-refractivity contribution in [1.29, 1.82) is 0 Å². The van der Waals surface area contributed by atoms with Crippen LogP contribution >= 0.6 is 0 Å². The summed E-state index contributed by atoms with van der Waals surface area (Å²) in [6.45, 7) is 7.06. The molecule has 0 atom stereocenters. The van der Waals surface area contributed by atoms with Gasteiger partial charge in [-0.25, -0.2) is 0 Å². The van der Waals surface area contributed by atoms with Crippen molar-refractivity contribution in [3.05, 3.63) is 36.8 Å². The van der Waals surface area contributed by atoms with Gasteiger partial charge in [0.2, 0.25) is 0 Å². The lowest BCUT2D eigenvalue weighted by molar-refractivity contribution is 0.303. The summed E-state index contributed by atoms with van der Waals surface area (Å²) in [6.07, 6.45) is 13.6. The molecule has 1 heteroatoms. The third kappa shape index (κ3) is 8.24. The summed E-state index contributed by atoms with van der Waals surface area (Å²) in [5.41, 5.74) is 0.986. The van der Waals surface area contributed by atoms with E-state index in [1.807, 2.05) is 24.3 Å². The van der Waals surface area contributed by atoms with Crippen molar-refractivity contribution in [3.8, 4) is 5.75 Å². The summed E-state index contributed by atoms with van der Waals surface area (Å²) in [6, 6.07) is 7.99. The molecular formula is C19H31O. The topological polar surface area (TPSA) is 9.23 Å². The van der Waals surface area contributed by atoms with Crippen molar-refractivity contribution in [2.45, 2.75) is 71.1 Å².